The van der Waals surface area contributed by atoms with Crippen molar-refractivity contribution in [2.75, 3.05) is 0 Å². The molecule has 0 radical (unpaired) electrons. The van der Waals surface area contributed by atoms with Crippen LogP contribution in [-0.4, -0.2) is 18.0 Å². The summed E-state index contributed by atoms with van der Waals surface area (Å²) >= 11 is 0. The van der Waals surface area contributed by atoms with Gasteiger partial charge in [-0.15, -0.1) is 0 Å². The zero-order valence-electron chi connectivity index (χ0n) is 14.6. The molecule has 1 aliphatic carbocycles. The maximum absolute atomic E-state index is 12.5. The third kappa shape index (κ3) is 3.90. The molecule has 0 fully saturated rings. The molecule has 2 aromatic carbocycles. The van der Waals surface area contributed by atoms with E-state index in [1.807, 2.05) is 31.2 Å². The second kappa shape index (κ2) is 7.51. The molecule has 2 aromatic rings. The number of nitrogens with one attached hydrogen (secondary N) is 1. The Labute approximate surface area is 148 Å². The van der Waals surface area contributed by atoms with Gasteiger partial charge in [0.15, 0.2) is 6.10 Å². The average Bonchev–Trinajstić information content (AvgIpc) is 2.62. The van der Waals surface area contributed by atoms with Gasteiger partial charge >= 0.3 is 5.97 Å². The Balaban J connectivity index is 1.64. The lowest BCUT2D eigenvalue weighted by molar-refractivity contribution is -0.130. The number of fused-ring (bicyclic) bond motifs is 1. The highest BCUT2D eigenvalue weighted by molar-refractivity contribution is 5.93. The second-order valence-corrected chi connectivity index (χ2v) is 6.51. The van der Waals surface area contributed by atoms with E-state index in [9.17, 15) is 9.59 Å². The number of ether oxygens (including phenoxy) is 1. The fourth-order valence-electron chi connectivity index (χ4n) is 3.27. The normalized spacial score (nSPS) is 17.3. The van der Waals surface area contributed by atoms with Crippen molar-refractivity contribution in [3.8, 4) is 0 Å². The van der Waals surface area contributed by atoms with E-state index < -0.39 is 12.1 Å². The van der Waals surface area contributed by atoms with Gasteiger partial charge in [-0.1, -0.05) is 42.5 Å². The Morgan fingerprint density at radius 2 is 1.84 bits per heavy atom. The molecule has 4 heteroatoms. The molecule has 0 saturated carbocycles. The largest absolute Gasteiger partial charge is 0.449 e. The van der Waals surface area contributed by atoms with Crippen LogP contribution in [0, 0.1) is 6.92 Å². The van der Waals surface area contributed by atoms with Crippen LogP contribution in [0.5, 0.6) is 0 Å². The van der Waals surface area contributed by atoms with Crippen molar-refractivity contribution in [1.29, 1.82) is 0 Å². The third-order valence-electron chi connectivity index (χ3n) is 4.70. The van der Waals surface area contributed by atoms with E-state index in [0.717, 1.165) is 24.8 Å². The topological polar surface area (TPSA) is 55.4 Å². The van der Waals surface area contributed by atoms with Crippen LogP contribution >= 0.6 is 0 Å². The summed E-state index contributed by atoms with van der Waals surface area (Å²) in [7, 11) is 0. The third-order valence-corrected chi connectivity index (χ3v) is 4.70. The van der Waals surface area contributed by atoms with Gasteiger partial charge < -0.3 is 10.1 Å². The summed E-state index contributed by atoms with van der Waals surface area (Å²) in [5, 5.41) is 3.03. The first-order chi connectivity index (χ1) is 12.1. The lowest BCUT2D eigenvalue weighted by Crippen LogP contribution is -2.39. The summed E-state index contributed by atoms with van der Waals surface area (Å²) in [4.78, 5) is 24.8. The summed E-state index contributed by atoms with van der Waals surface area (Å²) in [6, 6.07) is 15.4. The Kier molecular flexibility index (Phi) is 5.17. The SMILES string of the molecule is Cc1ccccc1C(=O)O[C@@H](C)C(=O)N[C@@H]1CCCc2ccccc21. The lowest BCUT2D eigenvalue weighted by Gasteiger charge is -2.27. The summed E-state index contributed by atoms with van der Waals surface area (Å²) in [6.07, 6.45) is 2.15. The number of esters is 1. The second-order valence-electron chi connectivity index (χ2n) is 6.51. The van der Waals surface area contributed by atoms with Crippen LogP contribution in [0.25, 0.3) is 0 Å². The van der Waals surface area contributed by atoms with E-state index in [-0.39, 0.29) is 11.9 Å². The van der Waals surface area contributed by atoms with E-state index >= 15 is 0 Å². The molecule has 0 spiro atoms. The molecule has 1 aliphatic rings. The molecule has 25 heavy (non-hydrogen) atoms. The summed E-state index contributed by atoms with van der Waals surface area (Å²) in [5.74, 6) is -0.728. The van der Waals surface area contributed by atoms with Crippen molar-refractivity contribution >= 4 is 11.9 Å². The number of hydrogen-bond donors (Lipinski definition) is 1. The Hall–Kier alpha value is -2.62. The lowest BCUT2D eigenvalue weighted by atomic mass is 9.87. The van der Waals surface area contributed by atoms with Crippen LogP contribution in [0.1, 0.15) is 52.9 Å². The molecule has 0 heterocycles. The highest BCUT2D eigenvalue weighted by Crippen LogP contribution is 2.29. The molecule has 0 aliphatic heterocycles. The molecule has 1 N–H and O–H groups in total. The van der Waals surface area contributed by atoms with E-state index in [0.29, 0.717) is 5.56 Å². The van der Waals surface area contributed by atoms with Gasteiger partial charge in [-0.05, 0) is 55.9 Å². The van der Waals surface area contributed by atoms with Crippen LogP contribution in [0.15, 0.2) is 48.5 Å². The summed E-state index contributed by atoms with van der Waals surface area (Å²) in [6.45, 7) is 3.46. The number of amides is 1. The van der Waals surface area contributed by atoms with Crippen molar-refractivity contribution < 1.29 is 14.3 Å². The summed E-state index contributed by atoms with van der Waals surface area (Å²) < 4.78 is 5.36. The van der Waals surface area contributed by atoms with Gasteiger partial charge in [-0.2, -0.15) is 0 Å². The first-order valence-corrected chi connectivity index (χ1v) is 8.71. The molecule has 2 atom stereocenters. The standard InChI is InChI=1S/C21H23NO3/c1-14-8-3-5-11-17(14)21(24)25-15(2)20(23)22-19-13-7-10-16-9-4-6-12-18(16)19/h3-6,8-9,11-12,15,19H,7,10,13H2,1-2H3,(H,22,23)/t15-,19+/m0/s1. The average molecular weight is 337 g/mol. The minimum absolute atomic E-state index is 0.0166. The van der Waals surface area contributed by atoms with Crippen molar-refractivity contribution in [1.82, 2.24) is 5.32 Å². The number of rotatable bonds is 4. The van der Waals surface area contributed by atoms with Crippen LogP contribution in [-0.2, 0) is 16.0 Å². The smallest absolute Gasteiger partial charge is 0.339 e. The number of aryl methyl sites for hydroxylation is 2. The molecule has 1 amide bonds. The zero-order chi connectivity index (χ0) is 17.8. The van der Waals surface area contributed by atoms with Gasteiger partial charge in [0.25, 0.3) is 5.91 Å². The maximum atomic E-state index is 12.5. The number of benzene rings is 2. The Bertz CT molecular complexity index is 784. The van der Waals surface area contributed by atoms with Gasteiger partial charge in [0.2, 0.25) is 0 Å². The zero-order valence-corrected chi connectivity index (χ0v) is 14.6. The van der Waals surface area contributed by atoms with E-state index in [1.165, 1.54) is 11.1 Å². The Morgan fingerprint density at radius 3 is 2.64 bits per heavy atom. The highest BCUT2D eigenvalue weighted by Gasteiger charge is 2.25. The molecule has 130 valence electrons. The van der Waals surface area contributed by atoms with E-state index in [2.05, 4.69) is 17.4 Å². The molecule has 0 saturated heterocycles. The maximum Gasteiger partial charge on any atom is 0.339 e. The molecular weight excluding hydrogens is 314 g/mol. The fourth-order valence-corrected chi connectivity index (χ4v) is 3.27. The number of carbonyl (C=O) groups excluding carboxylic acids is 2. The van der Waals surface area contributed by atoms with Gasteiger partial charge in [-0.25, -0.2) is 4.79 Å². The Morgan fingerprint density at radius 1 is 1.12 bits per heavy atom. The first kappa shape index (κ1) is 17.2. The van der Waals surface area contributed by atoms with Gasteiger partial charge in [0.1, 0.15) is 0 Å². The van der Waals surface area contributed by atoms with Crippen molar-refractivity contribution in [3.63, 3.8) is 0 Å². The van der Waals surface area contributed by atoms with Crippen molar-refractivity contribution in [2.45, 2.75) is 45.3 Å². The number of carbonyl (C=O) groups is 2. The monoisotopic (exact) mass is 337 g/mol. The minimum atomic E-state index is -0.832. The highest BCUT2D eigenvalue weighted by atomic mass is 16.5. The van der Waals surface area contributed by atoms with Gasteiger partial charge in [0.05, 0.1) is 11.6 Å². The molecule has 4 nitrogen and oxygen atoms in total. The minimum Gasteiger partial charge on any atom is -0.449 e. The molecule has 0 unspecified atom stereocenters. The predicted octanol–water partition coefficient (Wildman–Crippen LogP) is 3.73. The van der Waals surface area contributed by atoms with Crippen LogP contribution in [0.4, 0.5) is 0 Å². The summed E-state index contributed by atoms with van der Waals surface area (Å²) in [5.41, 5.74) is 3.77. The van der Waals surface area contributed by atoms with Gasteiger partial charge in [0, 0.05) is 0 Å². The quantitative estimate of drug-likeness (QED) is 0.865. The molecule has 3 rings (SSSR count). The van der Waals surface area contributed by atoms with Crippen molar-refractivity contribution in [2.24, 2.45) is 0 Å². The van der Waals surface area contributed by atoms with E-state index in [1.54, 1.807) is 19.1 Å². The van der Waals surface area contributed by atoms with E-state index in [4.69, 9.17) is 4.74 Å². The van der Waals surface area contributed by atoms with Gasteiger partial charge in [-0.3, -0.25) is 4.79 Å². The van der Waals surface area contributed by atoms with Crippen LogP contribution in [0.3, 0.4) is 0 Å². The van der Waals surface area contributed by atoms with Crippen LogP contribution in [0.2, 0.25) is 0 Å². The van der Waals surface area contributed by atoms with Crippen LogP contribution < -0.4 is 5.32 Å². The number of hydrogen-bond acceptors (Lipinski definition) is 3. The first-order valence-electron chi connectivity index (χ1n) is 8.71. The fraction of sp³-hybridized carbons (Fsp3) is 0.333. The van der Waals surface area contributed by atoms with Crippen molar-refractivity contribution in [3.05, 3.63) is 70.8 Å². The molecule has 0 bridgehead atoms. The molecule has 0 aromatic heterocycles. The predicted molar refractivity (Wildman–Crippen MR) is 96.3 cm³/mol. The molecular formula is C21H23NO3.